The maximum atomic E-state index is 13.4. The molecule has 8 nitrogen and oxygen atoms in total. The monoisotopic (exact) mass is 518 g/mol. The van der Waals surface area contributed by atoms with Gasteiger partial charge in [-0.3, -0.25) is 4.90 Å². The third-order valence-corrected chi connectivity index (χ3v) is 10.0. The molecule has 0 radical (unpaired) electrons. The minimum Gasteiger partial charge on any atom is -0.340 e. The molecule has 0 aliphatic carbocycles. The topological polar surface area (TPSA) is 90.4 Å². The van der Waals surface area contributed by atoms with Gasteiger partial charge in [0.15, 0.2) is 0 Å². The molecule has 1 atom stereocenters. The molecule has 0 spiro atoms. The predicted octanol–water partition coefficient (Wildman–Crippen LogP) is 3.23. The van der Waals surface area contributed by atoms with E-state index in [4.69, 9.17) is 0 Å². The first kappa shape index (κ1) is 25.8. The second-order valence-corrected chi connectivity index (χ2v) is 12.9. The highest BCUT2D eigenvalue weighted by Crippen LogP contribution is 2.26. The smallest absolute Gasteiger partial charge is 0.283 e. The Bertz CT molecular complexity index is 1270. The third-order valence-electron chi connectivity index (χ3n) is 6.75. The second-order valence-electron chi connectivity index (χ2n) is 9.39. The molecular weight excluding hydrogens is 484 g/mol. The van der Waals surface area contributed by atoms with Crippen LogP contribution < -0.4 is 0 Å². The van der Waals surface area contributed by atoms with Gasteiger partial charge in [0, 0.05) is 13.1 Å². The van der Waals surface area contributed by atoms with Crippen molar-refractivity contribution in [2.45, 2.75) is 56.0 Å². The highest BCUT2D eigenvalue weighted by molar-refractivity contribution is 7.90. The van der Waals surface area contributed by atoms with Gasteiger partial charge in [0.05, 0.1) is 22.5 Å². The van der Waals surface area contributed by atoms with E-state index in [-0.39, 0.29) is 16.3 Å². The average molecular weight is 519 g/mol. The maximum absolute atomic E-state index is 13.4. The van der Waals surface area contributed by atoms with E-state index in [9.17, 15) is 16.8 Å². The number of hydrogen-bond acceptors (Lipinski definition) is 5. The lowest BCUT2D eigenvalue weighted by molar-refractivity contribution is 0.239. The summed E-state index contributed by atoms with van der Waals surface area (Å²) in [6, 6.07) is 13.4. The number of rotatable bonds is 6. The zero-order valence-corrected chi connectivity index (χ0v) is 22.2. The van der Waals surface area contributed by atoms with E-state index in [0.29, 0.717) is 18.9 Å². The first-order valence-electron chi connectivity index (χ1n) is 12.1. The average Bonchev–Trinajstić information content (AvgIpc) is 3.22. The lowest BCUT2D eigenvalue weighted by Crippen LogP contribution is -2.47. The number of hydrogen-bond donors (Lipinski definition) is 0. The van der Waals surface area contributed by atoms with Gasteiger partial charge in [0.2, 0.25) is 10.0 Å². The summed E-state index contributed by atoms with van der Waals surface area (Å²) in [6.07, 6.45) is 2.72. The van der Waals surface area contributed by atoms with Gasteiger partial charge in [-0.1, -0.05) is 41.8 Å². The number of benzene rings is 2. The molecule has 190 valence electrons. The summed E-state index contributed by atoms with van der Waals surface area (Å²) in [5.41, 5.74) is 1.95. The Morgan fingerprint density at radius 2 is 1.34 bits per heavy atom. The molecular formula is C25H34N4O4S2. The number of aryl methyl sites for hydroxylation is 2. The molecule has 2 saturated heterocycles. The summed E-state index contributed by atoms with van der Waals surface area (Å²) in [6.45, 7) is 8.36. The molecule has 2 heterocycles. The van der Waals surface area contributed by atoms with Gasteiger partial charge in [-0.2, -0.15) is 12.7 Å². The summed E-state index contributed by atoms with van der Waals surface area (Å²) in [7, 11) is -7.68. The van der Waals surface area contributed by atoms with Gasteiger partial charge < -0.3 is 4.90 Å². The molecule has 0 saturated carbocycles. The van der Waals surface area contributed by atoms with E-state index < -0.39 is 26.2 Å². The van der Waals surface area contributed by atoms with Crippen LogP contribution in [0.1, 0.15) is 37.3 Å². The van der Waals surface area contributed by atoms with Crippen LogP contribution in [0.15, 0.2) is 62.7 Å². The van der Waals surface area contributed by atoms with Crippen molar-refractivity contribution in [3.8, 4) is 0 Å². The molecule has 1 unspecified atom stereocenters. The van der Waals surface area contributed by atoms with Crippen LogP contribution >= 0.6 is 0 Å². The molecule has 35 heavy (non-hydrogen) atoms. The first-order chi connectivity index (χ1) is 16.6. The van der Waals surface area contributed by atoms with E-state index >= 15 is 0 Å². The minimum atomic E-state index is -3.95. The van der Waals surface area contributed by atoms with Crippen LogP contribution in [-0.4, -0.2) is 75.7 Å². The highest BCUT2D eigenvalue weighted by Gasteiger charge is 2.39. The van der Waals surface area contributed by atoms with Crippen molar-refractivity contribution in [2.24, 2.45) is 4.40 Å². The molecule has 10 heteroatoms. The Morgan fingerprint density at radius 3 is 1.91 bits per heavy atom. The molecule has 2 aromatic rings. The van der Waals surface area contributed by atoms with E-state index in [1.54, 1.807) is 55.5 Å². The Hall–Kier alpha value is -2.27. The summed E-state index contributed by atoms with van der Waals surface area (Å²) >= 11 is 0. The van der Waals surface area contributed by atoms with E-state index in [2.05, 4.69) is 9.30 Å². The van der Waals surface area contributed by atoms with Crippen LogP contribution in [0.4, 0.5) is 0 Å². The molecule has 0 amide bonds. The Labute approximate surface area is 209 Å². The third kappa shape index (κ3) is 5.77. The summed E-state index contributed by atoms with van der Waals surface area (Å²) in [4.78, 5) is 4.40. The van der Waals surface area contributed by atoms with Crippen LogP contribution in [0.3, 0.4) is 0 Å². The van der Waals surface area contributed by atoms with Crippen LogP contribution in [0.2, 0.25) is 0 Å². The Kier molecular flexibility index (Phi) is 7.65. The fourth-order valence-corrected chi connectivity index (χ4v) is 7.25. The first-order valence-corrected chi connectivity index (χ1v) is 14.9. The molecule has 2 aromatic carbocycles. The van der Waals surface area contributed by atoms with E-state index in [1.165, 1.54) is 4.31 Å². The zero-order chi connectivity index (χ0) is 25.2. The minimum absolute atomic E-state index is 0.134. The quantitative estimate of drug-likeness (QED) is 0.431. The van der Waals surface area contributed by atoms with Crippen molar-refractivity contribution in [3.05, 3.63) is 59.7 Å². The van der Waals surface area contributed by atoms with Gasteiger partial charge in [-0.05, 0) is 71.0 Å². The zero-order valence-electron chi connectivity index (χ0n) is 20.6. The Morgan fingerprint density at radius 1 is 0.800 bits per heavy atom. The number of amidine groups is 1. The van der Waals surface area contributed by atoms with Crippen LogP contribution in [0.5, 0.6) is 0 Å². The normalized spacial score (nSPS) is 20.9. The number of sulfonamides is 2. The Balaban J connectivity index is 1.66. The van der Waals surface area contributed by atoms with Gasteiger partial charge in [0.25, 0.3) is 10.0 Å². The van der Waals surface area contributed by atoms with Crippen molar-refractivity contribution < 1.29 is 16.8 Å². The maximum Gasteiger partial charge on any atom is 0.283 e. The summed E-state index contributed by atoms with van der Waals surface area (Å²) in [5.74, 6) is 0.390. The van der Waals surface area contributed by atoms with Crippen LogP contribution in [0.25, 0.3) is 0 Å². The molecule has 2 aliphatic heterocycles. The van der Waals surface area contributed by atoms with E-state index in [1.807, 2.05) is 18.7 Å². The van der Waals surface area contributed by atoms with Crippen LogP contribution in [0, 0.1) is 13.8 Å². The number of nitrogens with zero attached hydrogens (tertiary/aromatic N) is 4. The molecule has 2 fully saturated rings. The summed E-state index contributed by atoms with van der Waals surface area (Å²) < 4.78 is 58.9. The largest absolute Gasteiger partial charge is 0.340 e. The van der Waals surface area contributed by atoms with Gasteiger partial charge in [0.1, 0.15) is 5.84 Å². The molecule has 4 rings (SSSR count). The lowest BCUT2D eigenvalue weighted by Gasteiger charge is -2.33. The van der Waals surface area contributed by atoms with Crippen molar-refractivity contribution in [1.82, 2.24) is 14.1 Å². The van der Waals surface area contributed by atoms with Crippen LogP contribution in [-0.2, 0) is 20.0 Å². The van der Waals surface area contributed by atoms with Gasteiger partial charge in [-0.15, -0.1) is 4.40 Å². The van der Waals surface area contributed by atoms with Crippen molar-refractivity contribution in [2.75, 3.05) is 32.7 Å². The fraction of sp³-hybridized carbons (Fsp3) is 0.480. The molecule has 0 bridgehead atoms. The molecule has 0 aromatic heterocycles. The molecule has 0 N–H and O–H groups in total. The predicted molar refractivity (Wildman–Crippen MR) is 137 cm³/mol. The van der Waals surface area contributed by atoms with Crippen molar-refractivity contribution in [3.63, 3.8) is 0 Å². The van der Waals surface area contributed by atoms with Crippen molar-refractivity contribution >= 4 is 25.9 Å². The van der Waals surface area contributed by atoms with Gasteiger partial charge in [-0.25, -0.2) is 8.42 Å². The number of piperidine rings is 1. The highest BCUT2D eigenvalue weighted by atomic mass is 32.2. The van der Waals surface area contributed by atoms with Gasteiger partial charge >= 0.3 is 0 Å². The lowest BCUT2D eigenvalue weighted by atomic mass is 10.1. The summed E-state index contributed by atoms with van der Waals surface area (Å²) in [5, 5.41) is 0. The molecule has 2 aliphatic rings. The standard InChI is InChI=1S/C25H34N4O4S2/c1-20-7-11-23(12-8-20)34(30,31)26-25(19-27-15-5-4-6-16-27)28-17-18-29(22(28)3)35(32,33)24-13-9-21(2)10-14-24/h7-14,22H,4-6,15-19H2,1-3H3/b26-25-. The second kappa shape index (κ2) is 10.4. The van der Waals surface area contributed by atoms with E-state index in [0.717, 1.165) is 43.5 Å². The fourth-order valence-electron chi connectivity index (χ4n) is 4.64. The van der Waals surface area contributed by atoms with Crippen molar-refractivity contribution in [1.29, 1.82) is 0 Å². The SMILES string of the molecule is Cc1ccc(S(=O)(=O)/N=C(/CN2CCCCC2)N2CCN(S(=O)(=O)c3ccc(C)cc3)C2C)cc1. The number of likely N-dealkylation sites (tertiary alicyclic amines) is 1.